The van der Waals surface area contributed by atoms with Gasteiger partial charge in [-0.3, -0.25) is 4.79 Å². The van der Waals surface area contributed by atoms with Gasteiger partial charge in [-0.15, -0.1) is 0 Å². The van der Waals surface area contributed by atoms with Gasteiger partial charge < -0.3 is 25.2 Å². The van der Waals surface area contributed by atoms with Crippen molar-refractivity contribution < 1.29 is 9.90 Å². The number of piperidine rings is 1. The van der Waals surface area contributed by atoms with Gasteiger partial charge >= 0.3 is 0 Å². The van der Waals surface area contributed by atoms with E-state index in [-0.39, 0.29) is 18.9 Å². The molecule has 1 saturated heterocycles. The van der Waals surface area contributed by atoms with E-state index in [1.54, 1.807) is 0 Å². The Bertz CT molecular complexity index is 509. The average Bonchev–Trinajstić information content (AvgIpc) is 3.03. The van der Waals surface area contributed by atoms with Crippen LogP contribution >= 0.6 is 0 Å². The first-order valence-corrected chi connectivity index (χ1v) is 8.83. The fraction of sp³-hybridized carbons (Fsp3) is 0.765. The van der Waals surface area contributed by atoms with Crippen molar-refractivity contribution >= 4 is 5.91 Å². The fourth-order valence-electron chi connectivity index (χ4n) is 3.23. The molecule has 0 aliphatic carbocycles. The summed E-state index contributed by atoms with van der Waals surface area (Å²) in [6.45, 7) is 3.63. The second kappa shape index (κ2) is 9.15. The standard InChI is InChI=1S/C17H31N5O2/c1-20(2)7-3-8-22-11-6-19-17(22)14-4-9-21(10-5-14)16(24)12-15(23)13-18/h6,11,14-15,23H,3-5,7-10,12-13,18H2,1-2H3. The maximum absolute atomic E-state index is 12.1. The number of amides is 1. The SMILES string of the molecule is CN(C)CCCn1ccnc1C1CCN(C(=O)CC(O)CN)CC1. The van der Waals surface area contributed by atoms with E-state index in [0.717, 1.165) is 51.3 Å². The molecule has 1 atom stereocenters. The van der Waals surface area contributed by atoms with Crippen molar-refractivity contribution in [3.8, 4) is 0 Å². The van der Waals surface area contributed by atoms with Crippen molar-refractivity contribution in [2.45, 2.75) is 44.2 Å². The topological polar surface area (TPSA) is 87.6 Å². The van der Waals surface area contributed by atoms with Crippen molar-refractivity contribution in [1.29, 1.82) is 0 Å². The van der Waals surface area contributed by atoms with Crippen LogP contribution in [0.5, 0.6) is 0 Å². The largest absolute Gasteiger partial charge is 0.391 e. The van der Waals surface area contributed by atoms with Crippen LogP contribution in [0, 0.1) is 0 Å². The van der Waals surface area contributed by atoms with E-state index >= 15 is 0 Å². The Hall–Kier alpha value is -1.44. The number of aliphatic hydroxyl groups excluding tert-OH is 1. The molecule has 7 nitrogen and oxygen atoms in total. The Balaban J connectivity index is 1.84. The molecule has 1 amide bonds. The summed E-state index contributed by atoms with van der Waals surface area (Å²) in [6, 6.07) is 0. The Morgan fingerprint density at radius 3 is 2.79 bits per heavy atom. The molecule has 0 aromatic carbocycles. The second-order valence-electron chi connectivity index (χ2n) is 6.88. The second-order valence-corrected chi connectivity index (χ2v) is 6.88. The van der Waals surface area contributed by atoms with Gasteiger partial charge in [-0.2, -0.15) is 0 Å². The summed E-state index contributed by atoms with van der Waals surface area (Å²) in [4.78, 5) is 20.7. The van der Waals surface area contributed by atoms with Gasteiger partial charge in [0.15, 0.2) is 0 Å². The number of carbonyl (C=O) groups excluding carboxylic acids is 1. The van der Waals surface area contributed by atoms with E-state index in [4.69, 9.17) is 5.73 Å². The summed E-state index contributed by atoms with van der Waals surface area (Å²) in [5.41, 5.74) is 5.38. The number of nitrogens with two attached hydrogens (primary N) is 1. The van der Waals surface area contributed by atoms with Gasteiger partial charge in [0.05, 0.1) is 12.5 Å². The third-order valence-electron chi connectivity index (χ3n) is 4.65. The third-order valence-corrected chi connectivity index (χ3v) is 4.65. The number of hydrogen-bond donors (Lipinski definition) is 2. The lowest BCUT2D eigenvalue weighted by Gasteiger charge is -2.32. The van der Waals surface area contributed by atoms with Crippen LogP contribution < -0.4 is 5.73 Å². The first kappa shape index (κ1) is 18.9. The van der Waals surface area contributed by atoms with Crippen LogP contribution in [-0.2, 0) is 11.3 Å². The summed E-state index contributed by atoms with van der Waals surface area (Å²) < 4.78 is 2.25. The molecule has 2 heterocycles. The highest BCUT2D eigenvalue weighted by Crippen LogP contribution is 2.27. The molecule has 1 aromatic rings. The zero-order valence-electron chi connectivity index (χ0n) is 14.9. The van der Waals surface area contributed by atoms with Crippen molar-refractivity contribution in [3.63, 3.8) is 0 Å². The number of imidazole rings is 1. The molecule has 1 unspecified atom stereocenters. The van der Waals surface area contributed by atoms with Crippen LogP contribution in [0.2, 0.25) is 0 Å². The first-order valence-electron chi connectivity index (χ1n) is 8.83. The minimum atomic E-state index is -0.731. The van der Waals surface area contributed by atoms with Gasteiger partial charge in [0, 0.05) is 44.5 Å². The Labute approximate surface area is 144 Å². The van der Waals surface area contributed by atoms with Gasteiger partial charge in [0.2, 0.25) is 5.91 Å². The highest BCUT2D eigenvalue weighted by molar-refractivity contribution is 5.76. The van der Waals surface area contributed by atoms with Crippen LogP contribution in [0.3, 0.4) is 0 Å². The average molecular weight is 337 g/mol. The van der Waals surface area contributed by atoms with Gasteiger partial charge in [-0.1, -0.05) is 0 Å². The molecular weight excluding hydrogens is 306 g/mol. The third kappa shape index (κ3) is 5.29. The molecule has 0 saturated carbocycles. The van der Waals surface area contributed by atoms with E-state index in [2.05, 4.69) is 34.7 Å². The van der Waals surface area contributed by atoms with Crippen LogP contribution in [0.4, 0.5) is 0 Å². The maximum atomic E-state index is 12.1. The number of likely N-dealkylation sites (tertiary alicyclic amines) is 1. The van der Waals surface area contributed by atoms with E-state index in [1.807, 2.05) is 11.1 Å². The van der Waals surface area contributed by atoms with E-state index in [9.17, 15) is 9.90 Å². The van der Waals surface area contributed by atoms with Crippen molar-refractivity contribution in [2.75, 3.05) is 40.3 Å². The Morgan fingerprint density at radius 2 is 2.17 bits per heavy atom. The zero-order valence-corrected chi connectivity index (χ0v) is 14.9. The number of hydrogen-bond acceptors (Lipinski definition) is 5. The lowest BCUT2D eigenvalue weighted by Crippen LogP contribution is -2.40. The molecule has 24 heavy (non-hydrogen) atoms. The number of aliphatic hydroxyl groups is 1. The molecule has 1 aromatic heterocycles. The molecule has 0 bridgehead atoms. The predicted molar refractivity (Wildman–Crippen MR) is 93.6 cm³/mol. The Morgan fingerprint density at radius 1 is 1.46 bits per heavy atom. The minimum Gasteiger partial charge on any atom is -0.391 e. The molecule has 136 valence electrons. The summed E-state index contributed by atoms with van der Waals surface area (Å²) in [5.74, 6) is 1.55. The van der Waals surface area contributed by atoms with Crippen molar-refractivity contribution in [3.05, 3.63) is 18.2 Å². The lowest BCUT2D eigenvalue weighted by molar-refractivity contribution is -0.134. The van der Waals surface area contributed by atoms with E-state index in [0.29, 0.717) is 5.92 Å². The molecule has 0 spiro atoms. The van der Waals surface area contributed by atoms with Crippen molar-refractivity contribution in [1.82, 2.24) is 19.4 Å². The molecule has 1 aliphatic rings. The smallest absolute Gasteiger partial charge is 0.225 e. The summed E-state index contributed by atoms with van der Waals surface area (Å²) in [6.07, 6.45) is 6.28. The molecule has 3 N–H and O–H groups in total. The minimum absolute atomic E-state index is 0.000671. The summed E-state index contributed by atoms with van der Waals surface area (Å²) in [5, 5.41) is 9.53. The molecule has 2 rings (SSSR count). The predicted octanol–water partition coefficient (Wildman–Crippen LogP) is 0.251. The Kier molecular flexibility index (Phi) is 7.20. The molecular formula is C17H31N5O2. The number of nitrogens with zero attached hydrogens (tertiary/aromatic N) is 4. The number of aryl methyl sites for hydroxylation is 1. The summed E-state index contributed by atoms with van der Waals surface area (Å²) >= 11 is 0. The van der Waals surface area contributed by atoms with Gasteiger partial charge in [-0.05, 0) is 39.9 Å². The molecule has 0 radical (unpaired) electrons. The van der Waals surface area contributed by atoms with Crippen LogP contribution in [-0.4, -0.2) is 76.7 Å². The van der Waals surface area contributed by atoms with Gasteiger partial charge in [0.25, 0.3) is 0 Å². The normalized spacial score (nSPS) is 17.5. The first-order chi connectivity index (χ1) is 11.5. The van der Waals surface area contributed by atoms with E-state index in [1.165, 1.54) is 0 Å². The van der Waals surface area contributed by atoms with E-state index < -0.39 is 6.10 Å². The number of rotatable bonds is 8. The van der Waals surface area contributed by atoms with Crippen molar-refractivity contribution in [2.24, 2.45) is 5.73 Å². The number of carbonyl (C=O) groups is 1. The van der Waals surface area contributed by atoms with Crippen LogP contribution in [0.1, 0.15) is 37.4 Å². The molecule has 7 heteroatoms. The maximum Gasteiger partial charge on any atom is 0.225 e. The quantitative estimate of drug-likeness (QED) is 0.710. The zero-order chi connectivity index (χ0) is 17.5. The van der Waals surface area contributed by atoms with Crippen LogP contribution in [0.25, 0.3) is 0 Å². The molecule has 1 aliphatic heterocycles. The monoisotopic (exact) mass is 337 g/mol. The number of aromatic nitrogens is 2. The molecule has 1 fully saturated rings. The van der Waals surface area contributed by atoms with Gasteiger partial charge in [0.1, 0.15) is 5.82 Å². The lowest BCUT2D eigenvalue weighted by atomic mass is 9.95. The fourth-order valence-corrected chi connectivity index (χ4v) is 3.23. The van der Waals surface area contributed by atoms with Gasteiger partial charge in [-0.25, -0.2) is 4.98 Å². The highest BCUT2D eigenvalue weighted by atomic mass is 16.3. The highest BCUT2D eigenvalue weighted by Gasteiger charge is 2.27. The summed E-state index contributed by atoms with van der Waals surface area (Å²) in [7, 11) is 4.17. The van der Waals surface area contributed by atoms with Crippen LogP contribution in [0.15, 0.2) is 12.4 Å².